The summed E-state index contributed by atoms with van der Waals surface area (Å²) in [6.07, 6.45) is 2.47. The Hall–Kier alpha value is -1.69. The molecule has 116 valence electrons. The second-order valence-electron chi connectivity index (χ2n) is 4.58. The Morgan fingerprint density at radius 3 is 2.76 bits per heavy atom. The molecule has 5 nitrogen and oxygen atoms in total. The van der Waals surface area contributed by atoms with Crippen molar-refractivity contribution in [2.75, 3.05) is 19.4 Å². The smallest absolute Gasteiger partial charge is 0.305 e. The van der Waals surface area contributed by atoms with E-state index in [0.717, 1.165) is 5.56 Å². The van der Waals surface area contributed by atoms with Crippen LogP contribution in [0, 0.1) is 0 Å². The molecule has 0 aromatic heterocycles. The van der Waals surface area contributed by atoms with Crippen molar-refractivity contribution in [3.05, 3.63) is 35.4 Å². The average molecular weight is 311 g/mol. The Morgan fingerprint density at radius 1 is 1.33 bits per heavy atom. The van der Waals surface area contributed by atoms with Crippen molar-refractivity contribution in [2.24, 2.45) is 0 Å². The number of benzene rings is 1. The largest absolute Gasteiger partial charge is 0.466 e. The maximum atomic E-state index is 11.9. The minimum atomic E-state index is -0.935. The lowest BCUT2D eigenvalue weighted by Gasteiger charge is -2.06. The van der Waals surface area contributed by atoms with Crippen molar-refractivity contribution < 1.29 is 18.5 Å². The number of rotatable bonds is 8. The number of hydrogen-bond acceptors (Lipinski definition) is 4. The molecule has 0 aliphatic rings. The zero-order chi connectivity index (χ0) is 15.7. The maximum Gasteiger partial charge on any atom is 0.305 e. The zero-order valence-corrected chi connectivity index (χ0v) is 13.2. The number of hydrogen-bond donors (Lipinski definition) is 1. The highest BCUT2D eigenvalue weighted by molar-refractivity contribution is 7.83. The van der Waals surface area contributed by atoms with E-state index in [1.165, 1.54) is 0 Å². The molecule has 1 N–H and O–H groups in total. The van der Waals surface area contributed by atoms with E-state index < -0.39 is 10.8 Å². The molecule has 21 heavy (non-hydrogen) atoms. The number of carbonyl (C=O) groups excluding carboxylic acids is 2. The SMILES string of the molecule is CCOC(=O)CCCNC(=O)c1cccc(CS(C)=O)c1. The summed E-state index contributed by atoms with van der Waals surface area (Å²) >= 11 is 0. The van der Waals surface area contributed by atoms with Gasteiger partial charge in [-0.15, -0.1) is 0 Å². The van der Waals surface area contributed by atoms with E-state index in [1.54, 1.807) is 31.4 Å². The van der Waals surface area contributed by atoms with E-state index in [4.69, 9.17) is 4.74 Å². The van der Waals surface area contributed by atoms with Crippen molar-refractivity contribution in [3.63, 3.8) is 0 Å². The summed E-state index contributed by atoms with van der Waals surface area (Å²) in [5, 5.41) is 2.75. The van der Waals surface area contributed by atoms with Crippen LogP contribution in [0.25, 0.3) is 0 Å². The Balaban J connectivity index is 2.41. The predicted molar refractivity (Wildman–Crippen MR) is 82.4 cm³/mol. The molecule has 1 aromatic rings. The van der Waals surface area contributed by atoms with Gasteiger partial charge in [-0.05, 0) is 31.0 Å². The first-order valence-corrected chi connectivity index (χ1v) is 8.58. The summed E-state index contributed by atoms with van der Waals surface area (Å²) in [4.78, 5) is 23.1. The van der Waals surface area contributed by atoms with Gasteiger partial charge in [-0.2, -0.15) is 0 Å². The molecule has 1 aromatic carbocycles. The summed E-state index contributed by atoms with van der Waals surface area (Å²) in [6.45, 7) is 2.55. The van der Waals surface area contributed by atoms with Crippen molar-refractivity contribution >= 4 is 22.7 Å². The van der Waals surface area contributed by atoms with Crippen LogP contribution in [-0.4, -0.2) is 35.5 Å². The van der Waals surface area contributed by atoms with Gasteiger partial charge in [0.05, 0.1) is 6.61 Å². The quantitative estimate of drug-likeness (QED) is 0.585. The monoisotopic (exact) mass is 311 g/mol. The third-order valence-electron chi connectivity index (χ3n) is 2.71. The normalized spacial score (nSPS) is 11.7. The maximum absolute atomic E-state index is 11.9. The molecule has 1 unspecified atom stereocenters. The lowest BCUT2D eigenvalue weighted by Crippen LogP contribution is -2.25. The summed E-state index contributed by atoms with van der Waals surface area (Å²) < 4.78 is 16.0. The molecule has 0 saturated heterocycles. The van der Waals surface area contributed by atoms with Gasteiger partial charge in [-0.1, -0.05) is 12.1 Å². The Kier molecular flexibility index (Phi) is 7.68. The van der Waals surface area contributed by atoms with Gasteiger partial charge in [0.15, 0.2) is 0 Å². The third-order valence-corrected chi connectivity index (χ3v) is 3.45. The van der Waals surface area contributed by atoms with Crippen molar-refractivity contribution in [1.29, 1.82) is 0 Å². The number of esters is 1. The summed E-state index contributed by atoms with van der Waals surface area (Å²) in [5.74, 6) is -0.00831. The summed E-state index contributed by atoms with van der Waals surface area (Å²) in [7, 11) is -0.935. The number of carbonyl (C=O) groups is 2. The number of nitrogens with one attached hydrogen (secondary N) is 1. The van der Waals surface area contributed by atoms with E-state index in [-0.39, 0.29) is 11.9 Å². The van der Waals surface area contributed by atoms with Crippen LogP contribution in [0.5, 0.6) is 0 Å². The first-order valence-electron chi connectivity index (χ1n) is 6.85. The van der Waals surface area contributed by atoms with Gasteiger partial charge in [0.2, 0.25) is 0 Å². The van der Waals surface area contributed by atoms with Gasteiger partial charge in [-0.25, -0.2) is 0 Å². The molecule has 0 spiro atoms. The minimum Gasteiger partial charge on any atom is -0.466 e. The van der Waals surface area contributed by atoms with Crippen LogP contribution in [0.15, 0.2) is 24.3 Å². The van der Waals surface area contributed by atoms with Crippen LogP contribution >= 0.6 is 0 Å². The van der Waals surface area contributed by atoms with Crippen molar-refractivity contribution in [1.82, 2.24) is 5.32 Å². The molecule has 0 aliphatic heterocycles. The fourth-order valence-corrected chi connectivity index (χ4v) is 2.46. The minimum absolute atomic E-state index is 0.192. The van der Waals surface area contributed by atoms with Crippen molar-refractivity contribution in [2.45, 2.75) is 25.5 Å². The fourth-order valence-electron chi connectivity index (χ4n) is 1.81. The molecular formula is C15H21NO4S. The molecule has 1 atom stereocenters. The van der Waals surface area contributed by atoms with Gasteiger partial charge in [0.25, 0.3) is 5.91 Å². The second-order valence-corrected chi connectivity index (χ2v) is 6.02. The number of amides is 1. The lowest BCUT2D eigenvalue weighted by molar-refractivity contribution is -0.143. The van der Waals surface area contributed by atoms with Gasteiger partial charge in [0, 0.05) is 41.3 Å². The molecule has 0 heterocycles. The first-order chi connectivity index (χ1) is 10.0. The number of ether oxygens (including phenoxy) is 1. The Bertz CT molecular complexity index is 516. The van der Waals surface area contributed by atoms with E-state index in [0.29, 0.717) is 37.3 Å². The molecule has 6 heteroatoms. The Labute approximate surface area is 127 Å². The topological polar surface area (TPSA) is 72.5 Å². The molecule has 0 aliphatic carbocycles. The van der Waals surface area contributed by atoms with Crippen molar-refractivity contribution in [3.8, 4) is 0 Å². The van der Waals surface area contributed by atoms with Crippen LogP contribution in [-0.2, 0) is 26.1 Å². The van der Waals surface area contributed by atoms with Gasteiger partial charge >= 0.3 is 5.97 Å². The molecular weight excluding hydrogens is 290 g/mol. The second kappa shape index (κ2) is 9.28. The van der Waals surface area contributed by atoms with E-state index in [2.05, 4.69) is 5.32 Å². The highest BCUT2D eigenvalue weighted by Crippen LogP contribution is 2.07. The molecule has 0 radical (unpaired) electrons. The van der Waals surface area contributed by atoms with Gasteiger partial charge in [-0.3, -0.25) is 13.8 Å². The van der Waals surface area contributed by atoms with Gasteiger partial charge in [0.1, 0.15) is 0 Å². The van der Waals surface area contributed by atoms with Crippen LogP contribution in [0.4, 0.5) is 0 Å². The van der Waals surface area contributed by atoms with E-state index >= 15 is 0 Å². The van der Waals surface area contributed by atoms with E-state index in [1.807, 2.05) is 6.07 Å². The van der Waals surface area contributed by atoms with E-state index in [9.17, 15) is 13.8 Å². The lowest BCUT2D eigenvalue weighted by atomic mass is 10.1. The van der Waals surface area contributed by atoms with Crippen LogP contribution in [0.3, 0.4) is 0 Å². The summed E-state index contributed by atoms with van der Waals surface area (Å²) in [6, 6.07) is 7.07. The average Bonchev–Trinajstić information content (AvgIpc) is 2.43. The first kappa shape index (κ1) is 17.4. The van der Waals surface area contributed by atoms with Crippen LogP contribution in [0.2, 0.25) is 0 Å². The van der Waals surface area contributed by atoms with Crippen LogP contribution in [0.1, 0.15) is 35.7 Å². The van der Waals surface area contributed by atoms with Crippen LogP contribution < -0.4 is 5.32 Å². The molecule has 0 bridgehead atoms. The zero-order valence-electron chi connectivity index (χ0n) is 12.4. The highest BCUT2D eigenvalue weighted by Gasteiger charge is 2.07. The van der Waals surface area contributed by atoms with Gasteiger partial charge < -0.3 is 10.1 Å². The standard InChI is InChI=1S/C15H21NO4S/c1-3-20-14(17)8-5-9-16-15(18)13-7-4-6-12(10-13)11-21(2)19/h4,6-7,10H,3,5,8-9,11H2,1-2H3,(H,16,18). The predicted octanol–water partition coefficient (Wildman–Crippen LogP) is 1.64. The summed E-state index contributed by atoms with van der Waals surface area (Å²) in [5.41, 5.74) is 1.41. The molecule has 1 rings (SSSR count). The fraction of sp³-hybridized carbons (Fsp3) is 0.467. The molecule has 0 saturated carbocycles. The highest BCUT2D eigenvalue weighted by atomic mass is 32.2. The molecule has 1 amide bonds. The Morgan fingerprint density at radius 2 is 2.10 bits per heavy atom. The molecule has 0 fully saturated rings. The third kappa shape index (κ3) is 7.04.